The van der Waals surface area contributed by atoms with Crippen molar-refractivity contribution in [2.75, 3.05) is 26.9 Å². The van der Waals surface area contributed by atoms with Crippen LogP contribution in [-0.4, -0.2) is 43.0 Å². The molecule has 0 aliphatic rings. The number of aliphatic hydroxyl groups is 1. The Balaban J connectivity index is 1.63. The molecule has 31 heavy (non-hydrogen) atoms. The minimum Gasteiger partial charge on any atom is -0.497 e. The molecule has 3 rings (SSSR count). The molecule has 0 spiro atoms. The van der Waals surface area contributed by atoms with Crippen molar-refractivity contribution in [2.45, 2.75) is 32.5 Å². The van der Waals surface area contributed by atoms with E-state index >= 15 is 0 Å². The van der Waals surface area contributed by atoms with E-state index in [0.717, 1.165) is 29.2 Å². The number of para-hydroxylation sites is 1. The maximum Gasteiger partial charge on any atom is 0.123 e. The minimum absolute atomic E-state index is 0.189. The number of benzene rings is 2. The van der Waals surface area contributed by atoms with Crippen LogP contribution in [0.4, 0.5) is 0 Å². The zero-order valence-corrected chi connectivity index (χ0v) is 18.2. The van der Waals surface area contributed by atoms with Crippen molar-refractivity contribution in [3.63, 3.8) is 0 Å². The number of nitrogens with zero attached hydrogens (tertiary/aromatic N) is 1. The van der Waals surface area contributed by atoms with Crippen LogP contribution in [0.3, 0.4) is 0 Å². The standard InChI is InChI=1S/C25H31NO5/c1-3-14-30-25-9-5-4-7-20(25)16-26(18-24-8-6-15-29-24)17-21(27)19-31-23-12-10-22(28-2)11-13-23/h4-13,15,21,27H,3,14,16-19H2,1-2H3. The predicted molar refractivity (Wildman–Crippen MR) is 120 cm³/mol. The monoisotopic (exact) mass is 425 g/mol. The first-order valence-corrected chi connectivity index (χ1v) is 10.6. The second-order valence-electron chi connectivity index (χ2n) is 7.35. The summed E-state index contributed by atoms with van der Waals surface area (Å²) in [6, 6.07) is 19.1. The summed E-state index contributed by atoms with van der Waals surface area (Å²) in [6.07, 6.45) is 1.95. The number of furan rings is 1. The summed E-state index contributed by atoms with van der Waals surface area (Å²) < 4.78 is 22.3. The minimum atomic E-state index is -0.666. The number of ether oxygens (including phenoxy) is 3. The van der Waals surface area contributed by atoms with Gasteiger partial charge in [0.15, 0.2) is 0 Å². The molecule has 1 atom stereocenters. The number of hydrogen-bond acceptors (Lipinski definition) is 6. The molecule has 2 aromatic carbocycles. The second kappa shape index (κ2) is 12.0. The second-order valence-corrected chi connectivity index (χ2v) is 7.35. The molecule has 1 N–H and O–H groups in total. The molecule has 0 saturated carbocycles. The summed E-state index contributed by atoms with van der Waals surface area (Å²) in [7, 11) is 1.62. The van der Waals surface area contributed by atoms with Crippen molar-refractivity contribution >= 4 is 0 Å². The van der Waals surface area contributed by atoms with E-state index in [2.05, 4.69) is 17.9 Å². The van der Waals surface area contributed by atoms with Gasteiger partial charge in [0, 0.05) is 18.7 Å². The molecule has 0 aliphatic heterocycles. The molecule has 1 heterocycles. The zero-order chi connectivity index (χ0) is 21.9. The van der Waals surface area contributed by atoms with E-state index in [0.29, 0.717) is 32.0 Å². The van der Waals surface area contributed by atoms with Crippen molar-refractivity contribution in [2.24, 2.45) is 0 Å². The molecule has 0 radical (unpaired) electrons. The highest BCUT2D eigenvalue weighted by Crippen LogP contribution is 2.22. The molecule has 1 aromatic heterocycles. The Morgan fingerprint density at radius 3 is 2.42 bits per heavy atom. The van der Waals surface area contributed by atoms with Gasteiger partial charge in [0.25, 0.3) is 0 Å². The first-order valence-electron chi connectivity index (χ1n) is 10.6. The summed E-state index contributed by atoms with van der Waals surface area (Å²) in [5, 5.41) is 10.6. The zero-order valence-electron chi connectivity index (χ0n) is 18.2. The third-order valence-corrected chi connectivity index (χ3v) is 4.76. The van der Waals surface area contributed by atoms with Crippen molar-refractivity contribution in [1.29, 1.82) is 0 Å². The molecule has 166 valence electrons. The highest BCUT2D eigenvalue weighted by molar-refractivity contribution is 5.33. The molecule has 0 saturated heterocycles. The molecular formula is C25H31NO5. The lowest BCUT2D eigenvalue weighted by molar-refractivity contribution is 0.0601. The molecule has 1 unspecified atom stereocenters. The van der Waals surface area contributed by atoms with Crippen LogP contribution in [-0.2, 0) is 13.1 Å². The summed E-state index contributed by atoms with van der Waals surface area (Å²) in [6.45, 7) is 4.58. The van der Waals surface area contributed by atoms with Gasteiger partial charge in [0.2, 0.25) is 0 Å². The average Bonchev–Trinajstić information content (AvgIpc) is 3.30. The van der Waals surface area contributed by atoms with Gasteiger partial charge in [-0.15, -0.1) is 0 Å². The van der Waals surface area contributed by atoms with Crippen molar-refractivity contribution in [3.8, 4) is 17.2 Å². The number of rotatable bonds is 13. The molecule has 0 aliphatic carbocycles. The molecule has 6 nitrogen and oxygen atoms in total. The van der Waals surface area contributed by atoms with Crippen molar-refractivity contribution in [3.05, 3.63) is 78.3 Å². The van der Waals surface area contributed by atoms with Gasteiger partial charge in [0.05, 0.1) is 26.5 Å². The Labute approximate surface area is 184 Å². The quantitative estimate of drug-likeness (QED) is 0.434. The molecular weight excluding hydrogens is 394 g/mol. The van der Waals surface area contributed by atoms with Gasteiger partial charge in [-0.05, 0) is 48.9 Å². The maximum absolute atomic E-state index is 10.6. The average molecular weight is 426 g/mol. The fraction of sp³-hybridized carbons (Fsp3) is 0.360. The highest BCUT2D eigenvalue weighted by atomic mass is 16.5. The van der Waals surface area contributed by atoms with E-state index in [-0.39, 0.29) is 6.61 Å². The van der Waals surface area contributed by atoms with E-state index < -0.39 is 6.10 Å². The van der Waals surface area contributed by atoms with Crippen LogP contribution in [0.25, 0.3) is 0 Å². The van der Waals surface area contributed by atoms with Crippen molar-refractivity contribution < 1.29 is 23.7 Å². The third kappa shape index (κ3) is 7.35. The predicted octanol–water partition coefficient (Wildman–Crippen LogP) is 4.52. The number of methoxy groups -OCH3 is 1. The van der Waals surface area contributed by atoms with Crippen LogP contribution in [0.1, 0.15) is 24.7 Å². The fourth-order valence-corrected chi connectivity index (χ4v) is 3.25. The normalized spacial score (nSPS) is 12.0. The lowest BCUT2D eigenvalue weighted by Crippen LogP contribution is -2.35. The van der Waals surface area contributed by atoms with Crippen molar-refractivity contribution in [1.82, 2.24) is 4.90 Å². The molecule has 0 bridgehead atoms. The number of aliphatic hydroxyl groups excluding tert-OH is 1. The highest BCUT2D eigenvalue weighted by Gasteiger charge is 2.17. The van der Waals surface area contributed by atoms with Gasteiger partial charge in [0.1, 0.15) is 35.7 Å². The van der Waals surface area contributed by atoms with Gasteiger partial charge < -0.3 is 23.7 Å². The molecule has 0 fully saturated rings. The largest absolute Gasteiger partial charge is 0.497 e. The van der Waals surface area contributed by atoms with E-state index in [1.165, 1.54) is 0 Å². The van der Waals surface area contributed by atoms with E-state index in [4.69, 9.17) is 18.6 Å². The summed E-state index contributed by atoms with van der Waals surface area (Å²) >= 11 is 0. The lowest BCUT2D eigenvalue weighted by atomic mass is 10.1. The Bertz CT molecular complexity index is 879. The summed E-state index contributed by atoms with van der Waals surface area (Å²) in [4.78, 5) is 2.13. The third-order valence-electron chi connectivity index (χ3n) is 4.76. The topological polar surface area (TPSA) is 64.3 Å². The van der Waals surface area contributed by atoms with Crippen LogP contribution in [0, 0.1) is 0 Å². The lowest BCUT2D eigenvalue weighted by Gasteiger charge is -2.25. The Morgan fingerprint density at radius 1 is 0.935 bits per heavy atom. The van der Waals surface area contributed by atoms with E-state index in [9.17, 15) is 5.11 Å². The summed E-state index contributed by atoms with van der Waals surface area (Å²) in [5.74, 6) is 3.17. The molecule has 3 aromatic rings. The van der Waals surface area contributed by atoms with E-state index in [1.807, 2.05) is 54.6 Å². The first-order chi connectivity index (χ1) is 15.2. The van der Waals surface area contributed by atoms with Crippen LogP contribution in [0.15, 0.2) is 71.3 Å². The molecule has 0 amide bonds. The summed E-state index contributed by atoms with van der Waals surface area (Å²) in [5.41, 5.74) is 1.07. The maximum atomic E-state index is 10.6. The van der Waals surface area contributed by atoms with Crippen LogP contribution < -0.4 is 14.2 Å². The van der Waals surface area contributed by atoms with Gasteiger partial charge >= 0.3 is 0 Å². The first kappa shape index (κ1) is 22.7. The van der Waals surface area contributed by atoms with Crippen LogP contribution >= 0.6 is 0 Å². The smallest absolute Gasteiger partial charge is 0.123 e. The fourth-order valence-electron chi connectivity index (χ4n) is 3.25. The molecule has 6 heteroatoms. The Kier molecular flexibility index (Phi) is 8.82. The van der Waals surface area contributed by atoms with Crippen LogP contribution in [0.2, 0.25) is 0 Å². The SMILES string of the molecule is CCCOc1ccccc1CN(Cc1ccco1)CC(O)COc1ccc(OC)cc1. The Morgan fingerprint density at radius 2 is 1.71 bits per heavy atom. The van der Waals surface area contributed by atoms with Gasteiger partial charge in [-0.3, -0.25) is 4.90 Å². The van der Waals surface area contributed by atoms with Gasteiger partial charge in [-0.25, -0.2) is 0 Å². The van der Waals surface area contributed by atoms with Gasteiger partial charge in [-0.1, -0.05) is 25.1 Å². The van der Waals surface area contributed by atoms with Gasteiger partial charge in [-0.2, -0.15) is 0 Å². The van der Waals surface area contributed by atoms with E-state index in [1.54, 1.807) is 13.4 Å². The number of hydrogen-bond donors (Lipinski definition) is 1. The Hall–Kier alpha value is -2.96. The van der Waals surface area contributed by atoms with Crippen LogP contribution in [0.5, 0.6) is 17.2 Å².